The van der Waals surface area contributed by atoms with Crippen LogP contribution < -0.4 is 5.32 Å². The van der Waals surface area contributed by atoms with Crippen molar-refractivity contribution >= 4 is 33.8 Å². The van der Waals surface area contributed by atoms with Crippen LogP contribution in [0.4, 0.5) is 10.1 Å². The Morgan fingerprint density at radius 2 is 1.79 bits per heavy atom. The Hall–Kier alpha value is -4.99. The molecule has 1 fully saturated rings. The number of carbonyl (C=O) groups is 1. The van der Waals surface area contributed by atoms with Crippen molar-refractivity contribution in [3.63, 3.8) is 0 Å². The molecule has 6 aromatic rings. The van der Waals surface area contributed by atoms with Crippen molar-refractivity contribution < 1.29 is 9.18 Å². The molecule has 0 bridgehead atoms. The van der Waals surface area contributed by atoms with Gasteiger partial charge in [0.2, 0.25) is 5.91 Å². The average Bonchev–Trinajstić information content (AvgIpc) is 3.73. The fraction of sp³-hybridized carbons (Fsp3) is 0.172. The highest BCUT2D eigenvalue weighted by molar-refractivity contribution is 5.97. The number of pyridine rings is 3. The molecule has 1 aliphatic rings. The van der Waals surface area contributed by atoms with Crippen LogP contribution in [0.5, 0.6) is 0 Å². The van der Waals surface area contributed by atoms with E-state index in [1.807, 2.05) is 12.1 Å². The van der Waals surface area contributed by atoms with Crippen molar-refractivity contribution in [3.8, 4) is 33.8 Å². The minimum Gasteiger partial charge on any atom is -0.324 e. The van der Waals surface area contributed by atoms with Gasteiger partial charge in [0.25, 0.3) is 0 Å². The summed E-state index contributed by atoms with van der Waals surface area (Å²) < 4.78 is 14.6. The lowest BCUT2D eigenvalue weighted by Gasteiger charge is -2.11. The van der Waals surface area contributed by atoms with Crippen molar-refractivity contribution in [2.45, 2.75) is 25.7 Å². The Bertz CT molecular complexity index is 1850. The normalized spacial score (nSPS) is 13.9. The van der Waals surface area contributed by atoms with E-state index in [2.05, 4.69) is 35.5 Å². The van der Waals surface area contributed by atoms with Gasteiger partial charge in [-0.25, -0.2) is 19.3 Å². The highest BCUT2D eigenvalue weighted by Gasteiger charge is 2.23. The van der Waals surface area contributed by atoms with Crippen LogP contribution in [0.1, 0.15) is 25.7 Å². The quantitative estimate of drug-likeness (QED) is 0.261. The second-order valence-corrected chi connectivity index (χ2v) is 9.75. The van der Waals surface area contributed by atoms with E-state index >= 15 is 0 Å². The van der Waals surface area contributed by atoms with Gasteiger partial charge in [0.05, 0.1) is 17.3 Å². The van der Waals surface area contributed by atoms with Gasteiger partial charge >= 0.3 is 0 Å². The number of aromatic nitrogens is 7. The third kappa shape index (κ3) is 4.19. The number of carbonyl (C=O) groups excluding carboxylic acids is 1. The minimum absolute atomic E-state index is 0.0467. The lowest BCUT2D eigenvalue weighted by atomic mass is 10.1. The summed E-state index contributed by atoms with van der Waals surface area (Å²) in [6, 6.07) is 12.2. The van der Waals surface area contributed by atoms with Crippen LogP contribution in [0.3, 0.4) is 0 Å². The first-order chi connectivity index (χ1) is 19.1. The summed E-state index contributed by atoms with van der Waals surface area (Å²) in [6.45, 7) is 0. The summed E-state index contributed by atoms with van der Waals surface area (Å²) in [5.41, 5.74) is 5.61. The number of rotatable bonds is 5. The minimum atomic E-state index is -0.330. The fourth-order valence-corrected chi connectivity index (χ4v) is 5.26. The topological polar surface area (TPSA) is 125 Å². The molecule has 0 saturated heterocycles. The summed E-state index contributed by atoms with van der Waals surface area (Å²) in [5, 5.41) is 11.2. The number of halogens is 1. The molecule has 0 atom stereocenters. The molecule has 1 amide bonds. The Morgan fingerprint density at radius 1 is 0.949 bits per heavy atom. The number of hydrogen-bond donors (Lipinski definition) is 3. The van der Waals surface area contributed by atoms with E-state index in [0.717, 1.165) is 42.2 Å². The maximum Gasteiger partial charge on any atom is 0.227 e. The number of H-pyrrole nitrogens is 2. The smallest absolute Gasteiger partial charge is 0.227 e. The molecule has 0 spiro atoms. The SMILES string of the molecule is O=C(Nc1cncc(-c2cnc3[nH]nc(-c4nc5c(-c6ccccc6F)ccnc5[nH]4)c3c2)c1)C1CCCC1. The number of fused-ring (bicyclic) bond motifs is 2. The van der Waals surface area contributed by atoms with Crippen molar-refractivity contribution in [2.75, 3.05) is 5.32 Å². The van der Waals surface area contributed by atoms with Gasteiger partial charge in [-0.05, 0) is 37.1 Å². The van der Waals surface area contributed by atoms with E-state index in [4.69, 9.17) is 4.98 Å². The van der Waals surface area contributed by atoms with E-state index < -0.39 is 0 Å². The van der Waals surface area contributed by atoms with Crippen molar-refractivity contribution in [1.82, 2.24) is 35.1 Å². The van der Waals surface area contributed by atoms with Gasteiger partial charge in [-0.15, -0.1) is 0 Å². The third-order valence-corrected chi connectivity index (χ3v) is 7.25. The Labute approximate surface area is 222 Å². The van der Waals surface area contributed by atoms with Crippen molar-refractivity contribution in [2.24, 2.45) is 5.92 Å². The number of aromatic amines is 2. The van der Waals surface area contributed by atoms with Crippen LogP contribution in [0.25, 0.3) is 56.0 Å². The summed E-state index contributed by atoms with van der Waals surface area (Å²) in [7, 11) is 0. The number of hydrogen-bond acceptors (Lipinski definition) is 6. The van der Waals surface area contributed by atoms with Crippen molar-refractivity contribution in [1.29, 1.82) is 0 Å². The van der Waals surface area contributed by atoms with Gasteiger partial charge in [-0.3, -0.25) is 14.9 Å². The fourth-order valence-electron chi connectivity index (χ4n) is 5.26. The zero-order chi connectivity index (χ0) is 26.3. The van der Waals surface area contributed by atoms with Gasteiger partial charge in [0.15, 0.2) is 17.1 Å². The monoisotopic (exact) mass is 518 g/mol. The van der Waals surface area contributed by atoms with Crippen LogP contribution in [-0.2, 0) is 4.79 Å². The van der Waals surface area contributed by atoms with Gasteiger partial charge in [-0.1, -0.05) is 31.0 Å². The first kappa shape index (κ1) is 23.2. The first-order valence-corrected chi connectivity index (χ1v) is 12.8. The molecule has 1 aliphatic carbocycles. The number of imidazole rings is 1. The third-order valence-electron chi connectivity index (χ3n) is 7.25. The molecule has 0 unspecified atom stereocenters. The van der Waals surface area contributed by atoms with Crippen LogP contribution in [0.15, 0.2) is 67.3 Å². The number of anilines is 1. The Kier molecular flexibility index (Phi) is 5.58. The van der Waals surface area contributed by atoms with Crippen LogP contribution in [-0.4, -0.2) is 41.0 Å². The van der Waals surface area contributed by atoms with E-state index in [-0.39, 0.29) is 17.6 Å². The molecule has 3 N–H and O–H groups in total. The highest BCUT2D eigenvalue weighted by atomic mass is 19.1. The number of benzene rings is 1. The Balaban J connectivity index is 1.25. The highest BCUT2D eigenvalue weighted by Crippen LogP contribution is 2.33. The number of nitrogens with one attached hydrogen (secondary N) is 3. The van der Waals surface area contributed by atoms with Gasteiger partial charge in [-0.2, -0.15) is 5.10 Å². The lowest BCUT2D eigenvalue weighted by molar-refractivity contribution is -0.119. The molecule has 1 saturated carbocycles. The van der Waals surface area contributed by atoms with Crippen LogP contribution in [0.2, 0.25) is 0 Å². The zero-order valence-corrected chi connectivity index (χ0v) is 20.8. The molecule has 9 nitrogen and oxygen atoms in total. The Morgan fingerprint density at radius 3 is 2.67 bits per heavy atom. The second kappa shape index (κ2) is 9.39. The second-order valence-electron chi connectivity index (χ2n) is 9.75. The molecule has 192 valence electrons. The first-order valence-electron chi connectivity index (χ1n) is 12.8. The molecular formula is C29H23FN8O. The zero-order valence-electron chi connectivity index (χ0n) is 20.8. The molecule has 0 aliphatic heterocycles. The van der Waals surface area contributed by atoms with E-state index in [1.54, 1.807) is 49.1 Å². The molecule has 5 aromatic heterocycles. The molecule has 7 rings (SSSR count). The maximum absolute atomic E-state index is 14.6. The molecule has 1 aromatic carbocycles. The van der Waals surface area contributed by atoms with Crippen molar-refractivity contribution in [3.05, 3.63) is 73.1 Å². The van der Waals surface area contributed by atoms with Crippen LogP contribution in [0, 0.1) is 11.7 Å². The number of amides is 1. The summed E-state index contributed by atoms with van der Waals surface area (Å²) in [4.78, 5) is 33.9. The van der Waals surface area contributed by atoms with E-state index in [0.29, 0.717) is 45.1 Å². The van der Waals surface area contributed by atoms with Crippen LogP contribution >= 0.6 is 0 Å². The summed E-state index contributed by atoms with van der Waals surface area (Å²) >= 11 is 0. The van der Waals surface area contributed by atoms with Gasteiger partial charge < -0.3 is 10.3 Å². The molecular weight excluding hydrogens is 495 g/mol. The number of nitrogens with zero attached hydrogens (tertiary/aromatic N) is 5. The van der Waals surface area contributed by atoms with Gasteiger partial charge in [0.1, 0.15) is 17.0 Å². The predicted molar refractivity (Wildman–Crippen MR) is 146 cm³/mol. The molecule has 10 heteroatoms. The standard InChI is InChI=1S/C29H23FN8O/c30-23-8-4-3-7-20(23)21-9-10-32-27-24(21)35-28(36-27)25-22-12-18(14-33-26(22)38-37-25)17-11-19(15-31-13-17)34-29(39)16-5-1-2-6-16/h3-4,7-16H,1-2,5-6H2,(H,34,39)(H,32,35,36)(H,33,37,38). The average molecular weight is 519 g/mol. The van der Waals surface area contributed by atoms with E-state index in [9.17, 15) is 9.18 Å². The maximum atomic E-state index is 14.6. The largest absolute Gasteiger partial charge is 0.324 e. The molecule has 5 heterocycles. The van der Waals surface area contributed by atoms with E-state index in [1.165, 1.54) is 6.07 Å². The molecule has 39 heavy (non-hydrogen) atoms. The summed E-state index contributed by atoms with van der Waals surface area (Å²) in [6.07, 6.45) is 10.8. The molecule has 0 radical (unpaired) electrons. The summed E-state index contributed by atoms with van der Waals surface area (Å²) in [5.74, 6) is 0.272. The van der Waals surface area contributed by atoms with Gasteiger partial charge in [0, 0.05) is 46.8 Å². The lowest BCUT2D eigenvalue weighted by Crippen LogP contribution is -2.20. The predicted octanol–water partition coefficient (Wildman–Crippen LogP) is 5.89.